The summed E-state index contributed by atoms with van der Waals surface area (Å²) in [5.41, 5.74) is 0.739. The first-order chi connectivity index (χ1) is 11.5. The largest absolute Gasteiger partial charge is 0.453 e. The third-order valence-corrected chi connectivity index (χ3v) is 4.62. The Morgan fingerprint density at radius 1 is 1.38 bits per heavy atom. The van der Waals surface area contributed by atoms with E-state index >= 15 is 0 Å². The van der Waals surface area contributed by atoms with Crippen LogP contribution in [0.25, 0.3) is 0 Å². The van der Waals surface area contributed by atoms with Crippen LogP contribution in [-0.2, 0) is 23.9 Å². The van der Waals surface area contributed by atoms with E-state index in [1.54, 1.807) is 6.07 Å². The Morgan fingerprint density at radius 2 is 2.12 bits per heavy atom. The molecule has 1 aromatic carbocycles. The summed E-state index contributed by atoms with van der Waals surface area (Å²) in [7, 11) is 1.53. The van der Waals surface area contributed by atoms with Gasteiger partial charge in [0.1, 0.15) is 0 Å². The predicted molar refractivity (Wildman–Crippen MR) is 89.8 cm³/mol. The van der Waals surface area contributed by atoms with Crippen LogP contribution in [0.5, 0.6) is 0 Å². The summed E-state index contributed by atoms with van der Waals surface area (Å²) in [6.45, 7) is 2.21. The molecular weight excluding hydrogens is 332 g/mol. The highest BCUT2D eigenvalue weighted by atomic mass is 32.2. The molecule has 0 saturated carbocycles. The van der Waals surface area contributed by atoms with Crippen LogP contribution in [-0.4, -0.2) is 49.4 Å². The van der Waals surface area contributed by atoms with Gasteiger partial charge >= 0.3 is 5.97 Å². The number of fused-ring (bicyclic) bond motifs is 1. The van der Waals surface area contributed by atoms with Crippen molar-refractivity contribution >= 4 is 35.2 Å². The van der Waals surface area contributed by atoms with Crippen molar-refractivity contribution in [3.05, 3.63) is 24.3 Å². The molecule has 1 aliphatic rings. The van der Waals surface area contributed by atoms with Crippen molar-refractivity contribution in [1.29, 1.82) is 0 Å². The zero-order chi connectivity index (χ0) is 17.5. The van der Waals surface area contributed by atoms with Gasteiger partial charge in [-0.3, -0.25) is 14.4 Å². The molecule has 24 heavy (non-hydrogen) atoms. The molecule has 1 aliphatic heterocycles. The molecule has 2 amide bonds. The smallest absolute Gasteiger partial charge is 0.308 e. The number of carbonyl (C=O) groups is 3. The Morgan fingerprint density at radius 3 is 2.88 bits per heavy atom. The van der Waals surface area contributed by atoms with E-state index in [2.05, 4.69) is 10.6 Å². The van der Waals surface area contributed by atoms with Gasteiger partial charge in [-0.05, 0) is 19.1 Å². The third kappa shape index (κ3) is 4.97. The molecule has 7 nitrogen and oxygen atoms in total. The zero-order valence-electron chi connectivity index (χ0n) is 13.5. The Kier molecular flexibility index (Phi) is 6.62. The lowest BCUT2D eigenvalue weighted by Gasteiger charge is -2.23. The minimum Gasteiger partial charge on any atom is -0.453 e. The molecule has 0 bridgehead atoms. The van der Waals surface area contributed by atoms with Crippen LogP contribution in [0.15, 0.2) is 29.2 Å². The van der Waals surface area contributed by atoms with E-state index in [1.807, 2.05) is 18.2 Å². The monoisotopic (exact) mass is 352 g/mol. The van der Waals surface area contributed by atoms with Gasteiger partial charge in [-0.2, -0.15) is 0 Å². The summed E-state index contributed by atoms with van der Waals surface area (Å²) in [5, 5.41) is 4.78. The summed E-state index contributed by atoms with van der Waals surface area (Å²) in [6, 6.07) is 7.38. The lowest BCUT2D eigenvalue weighted by Crippen LogP contribution is -2.38. The lowest BCUT2D eigenvalue weighted by molar-refractivity contribution is -0.155. The van der Waals surface area contributed by atoms with Crippen LogP contribution < -0.4 is 10.6 Å². The number of ether oxygens (including phenoxy) is 2. The second-order valence-electron chi connectivity index (χ2n) is 5.21. The average Bonchev–Trinajstić information content (AvgIpc) is 2.55. The molecule has 0 unspecified atom stereocenters. The van der Waals surface area contributed by atoms with E-state index in [4.69, 9.17) is 9.47 Å². The van der Waals surface area contributed by atoms with Gasteiger partial charge in [0.05, 0.1) is 24.0 Å². The summed E-state index contributed by atoms with van der Waals surface area (Å²) < 4.78 is 9.92. The Labute approximate surface area is 144 Å². The van der Waals surface area contributed by atoms with Gasteiger partial charge in [-0.15, -0.1) is 11.8 Å². The van der Waals surface area contributed by atoms with Crippen molar-refractivity contribution in [2.24, 2.45) is 0 Å². The van der Waals surface area contributed by atoms with Crippen LogP contribution in [0.4, 0.5) is 5.69 Å². The molecule has 0 saturated heterocycles. The maximum atomic E-state index is 12.1. The number of anilines is 1. The number of amides is 2. The molecule has 1 heterocycles. The number of thioether (sulfide) groups is 1. The molecule has 2 rings (SSSR count). The molecule has 0 fully saturated rings. The number of nitrogens with one attached hydrogen (secondary N) is 2. The molecule has 2 N–H and O–H groups in total. The molecule has 8 heteroatoms. The number of hydrogen-bond acceptors (Lipinski definition) is 6. The van der Waals surface area contributed by atoms with Gasteiger partial charge in [0.2, 0.25) is 5.91 Å². The van der Waals surface area contributed by atoms with E-state index in [0.29, 0.717) is 13.2 Å². The predicted octanol–water partition coefficient (Wildman–Crippen LogP) is 1.18. The molecular formula is C16H20N2O5S. The number of methoxy groups -OCH3 is 1. The number of hydrogen-bond donors (Lipinski definition) is 2. The Balaban J connectivity index is 1.84. The first-order valence-corrected chi connectivity index (χ1v) is 8.42. The fraction of sp³-hybridized carbons (Fsp3) is 0.438. The van der Waals surface area contributed by atoms with Crippen molar-refractivity contribution in [1.82, 2.24) is 5.32 Å². The Hall–Kier alpha value is -2.06. The number of rotatable bonds is 7. The topological polar surface area (TPSA) is 93.7 Å². The summed E-state index contributed by atoms with van der Waals surface area (Å²) in [5.74, 6) is -1.23. The van der Waals surface area contributed by atoms with Crippen LogP contribution in [0.3, 0.4) is 0 Å². The normalized spacial score (nSPS) is 17.4. The minimum atomic E-state index is -0.918. The van der Waals surface area contributed by atoms with Crippen molar-refractivity contribution in [2.75, 3.05) is 25.6 Å². The number of carbonyl (C=O) groups excluding carboxylic acids is 3. The van der Waals surface area contributed by atoms with Crippen molar-refractivity contribution in [2.45, 2.75) is 29.6 Å². The molecule has 0 radical (unpaired) electrons. The lowest BCUT2D eigenvalue weighted by atomic mass is 10.2. The highest BCUT2D eigenvalue weighted by Gasteiger charge is 2.30. The van der Waals surface area contributed by atoms with Crippen LogP contribution in [0, 0.1) is 0 Å². The van der Waals surface area contributed by atoms with Gasteiger partial charge in [0.15, 0.2) is 6.10 Å². The molecule has 2 atom stereocenters. The summed E-state index contributed by atoms with van der Waals surface area (Å²) in [6.07, 6.45) is -1.01. The van der Waals surface area contributed by atoms with Gasteiger partial charge in [0, 0.05) is 18.6 Å². The average molecular weight is 352 g/mol. The molecule has 0 spiro atoms. The number of esters is 1. The van der Waals surface area contributed by atoms with E-state index in [-0.39, 0.29) is 12.3 Å². The van der Waals surface area contributed by atoms with Crippen molar-refractivity contribution in [3.63, 3.8) is 0 Å². The van der Waals surface area contributed by atoms with Crippen LogP contribution in [0.2, 0.25) is 0 Å². The second kappa shape index (κ2) is 8.70. The quantitative estimate of drug-likeness (QED) is 0.565. The highest BCUT2D eigenvalue weighted by Crippen LogP contribution is 2.36. The third-order valence-electron chi connectivity index (χ3n) is 3.34. The van der Waals surface area contributed by atoms with E-state index < -0.39 is 23.2 Å². The summed E-state index contributed by atoms with van der Waals surface area (Å²) in [4.78, 5) is 36.7. The summed E-state index contributed by atoms with van der Waals surface area (Å²) >= 11 is 1.32. The van der Waals surface area contributed by atoms with Gasteiger partial charge in [-0.1, -0.05) is 12.1 Å². The maximum absolute atomic E-state index is 12.1. The molecule has 0 aliphatic carbocycles. The van der Waals surface area contributed by atoms with E-state index in [0.717, 1.165) is 10.6 Å². The maximum Gasteiger partial charge on any atom is 0.308 e. The molecule has 130 valence electrons. The molecule has 1 aromatic rings. The van der Waals surface area contributed by atoms with Gasteiger partial charge in [-0.25, -0.2) is 0 Å². The van der Waals surface area contributed by atoms with E-state index in [1.165, 1.54) is 25.8 Å². The Bertz CT molecular complexity index is 622. The molecule has 0 aromatic heterocycles. The first kappa shape index (κ1) is 18.3. The van der Waals surface area contributed by atoms with Gasteiger partial charge < -0.3 is 20.1 Å². The highest BCUT2D eigenvalue weighted by molar-refractivity contribution is 8.01. The number of benzene rings is 1. The number of para-hydroxylation sites is 1. The minimum absolute atomic E-state index is 0.0967. The van der Waals surface area contributed by atoms with Crippen molar-refractivity contribution < 1.29 is 23.9 Å². The van der Waals surface area contributed by atoms with Crippen LogP contribution >= 0.6 is 11.8 Å². The second-order valence-corrected chi connectivity index (χ2v) is 6.46. The fourth-order valence-electron chi connectivity index (χ4n) is 2.10. The zero-order valence-corrected chi connectivity index (χ0v) is 14.4. The SMILES string of the molecule is COCCNC(=O)[C@H](C)OC(=O)C[C@H]1Sc2ccccc2NC1=O. The standard InChI is InChI=1S/C16H20N2O5S/c1-10(15(20)17-7-8-22-2)23-14(19)9-13-16(21)18-11-5-3-4-6-12(11)24-13/h3-6,10,13H,7-9H2,1-2H3,(H,17,20)(H,18,21)/t10-,13+/m0/s1. The first-order valence-electron chi connectivity index (χ1n) is 7.54. The van der Waals surface area contributed by atoms with Crippen molar-refractivity contribution in [3.8, 4) is 0 Å². The fourth-order valence-corrected chi connectivity index (χ4v) is 3.19. The van der Waals surface area contributed by atoms with Crippen LogP contribution in [0.1, 0.15) is 13.3 Å². The van der Waals surface area contributed by atoms with Gasteiger partial charge in [0.25, 0.3) is 5.91 Å². The van der Waals surface area contributed by atoms with E-state index in [9.17, 15) is 14.4 Å².